The minimum Gasteiger partial charge on any atom is -0.497 e. The standard InChI is InChI=1S/C18H15F2N3O3/c1-18(12-4-6-13(26-2)7-5-12)16(24)23(17(25)22-18)21-10-11-3-8-14(19)15(20)9-11/h3-10H,1-2H3,(H,22,25)/t18-/m0/s1. The van der Waals surface area contributed by atoms with Crippen molar-refractivity contribution >= 4 is 18.2 Å². The van der Waals surface area contributed by atoms with E-state index in [4.69, 9.17) is 4.74 Å². The molecule has 1 N–H and O–H groups in total. The molecule has 0 aromatic heterocycles. The van der Waals surface area contributed by atoms with E-state index in [2.05, 4.69) is 10.4 Å². The Morgan fingerprint density at radius 2 is 1.81 bits per heavy atom. The van der Waals surface area contributed by atoms with Gasteiger partial charge in [-0.15, -0.1) is 5.01 Å². The zero-order chi connectivity index (χ0) is 18.9. The summed E-state index contributed by atoms with van der Waals surface area (Å²) < 4.78 is 31.3. The number of nitrogens with one attached hydrogen (secondary N) is 1. The number of nitrogens with zero attached hydrogens (tertiary/aromatic N) is 2. The second kappa shape index (κ2) is 6.55. The molecule has 1 heterocycles. The van der Waals surface area contributed by atoms with Crippen molar-refractivity contribution in [3.8, 4) is 5.75 Å². The Balaban J connectivity index is 1.85. The van der Waals surface area contributed by atoms with Gasteiger partial charge in [0.25, 0.3) is 5.91 Å². The molecule has 1 aliphatic rings. The minimum atomic E-state index is -1.30. The number of hydrogen-bond donors (Lipinski definition) is 1. The smallest absolute Gasteiger partial charge is 0.346 e. The molecule has 1 saturated heterocycles. The first-order valence-corrected chi connectivity index (χ1v) is 7.65. The number of rotatable bonds is 4. The third-order valence-corrected chi connectivity index (χ3v) is 4.10. The van der Waals surface area contributed by atoms with Crippen molar-refractivity contribution in [1.82, 2.24) is 10.3 Å². The molecular weight excluding hydrogens is 344 g/mol. The summed E-state index contributed by atoms with van der Waals surface area (Å²) >= 11 is 0. The summed E-state index contributed by atoms with van der Waals surface area (Å²) in [6.45, 7) is 1.56. The molecule has 0 saturated carbocycles. The van der Waals surface area contributed by atoms with E-state index in [1.807, 2.05) is 0 Å². The number of benzene rings is 2. The topological polar surface area (TPSA) is 71.0 Å². The number of amides is 3. The molecule has 0 unspecified atom stereocenters. The highest BCUT2D eigenvalue weighted by atomic mass is 19.2. The van der Waals surface area contributed by atoms with Gasteiger partial charge in [-0.25, -0.2) is 13.6 Å². The SMILES string of the molecule is COc1ccc([C@]2(C)NC(=O)N(N=Cc3ccc(F)c(F)c3)C2=O)cc1. The number of halogens is 2. The Morgan fingerprint density at radius 3 is 2.42 bits per heavy atom. The predicted molar refractivity (Wildman–Crippen MR) is 89.7 cm³/mol. The predicted octanol–water partition coefficient (Wildman–Crippen LogP) is 2.77. The molecule has 3 rings (SSSR count). The van der Waals surface area contributed by atoms with Crippen LogP contribution in [-0.2, 0) is 10.3 Å². The fourth-order valence-corrected chi connectivity index (χ4v) is 2.57. The molecular formula is C18H15F2N3O3. The lowest BCUT2D eigenvalue weighted by atomic mass is 9.92. The number of ether oxygens (including phenoxy) is 1. The van der Waals surface area contributed by atoms with Crippen LogP contribution in [0.5, 0.6) is 5.75 Å². The van der Waals surface area contributed by atoms with Crippen LogP contribution in [0.2, 0.25) is 0 Å². The van der Waals surface area contributed by atoms with E-state index in [0.29, 0.717) is 16.3 Å². The molecule has 3 amide bonds. The lowest BCUT2D eigenvalue weighted by Gasteiger charge is -2.21. The van der Waals surface area contributed by atoms with Gasteiger partial charge in [-0.2, -0.15) is 5.10 Å². The summed E-state index contributed by atoms with van der Waals surface area (Å²) in [5.74, 6) is -2.02. The van der Waals surface area contributed by atoms with Crippen LogP contribution in [0, 0.1) is 11.6 Å². The highest BCUT2D eigenvalue weighted by Crippen LogP contribution is 2.30. The Hall–Kier alpha value is -3.29. The van der Waals surface area contributed by atoms with Crippen molar-refractivity contribution < 1.29 is 23.1 Å². The van der Waals surface area contributed by atoms with Crippen LogP contribution in [0.25, 0.3) is 0 Å². The first-order chi connectivity index (χ1) is 12.3. The van der Waals surface area contributed by atoms with Gasteiger partial charge in [0.05, 0.1) is 13.3 Å². The van der Waals surface area contributed by atoms with E-state index >= 15 is 0 Å². The van der Waals surface area contributed by atoms with Gasteiger partial charge in [-0.05, 0) is 42.3 Å². The highest BCUT2D eigenvalue weighted by Gasteiger charge is 2.49. The molecule has 2 aromatic rings. The maximum atomic E-state index is 13.2. The Kier molecular flexibility index (Phi) is 4.41. The van der Waals surface area contributed by atoms with E-state index in [9.17, 15) is 18.4 Å². The minimum absolute atomic E-state index is 0.211. The Morgan fingerprint density at radius 1 is 1.12 bits per heavy atom. The Bertz CT molecular complexity index is 899. The molecule has 0 bridgehead atoms. The number of hydrazone groups is 1. The summed E-state index contributed by atoms with van der Waals surface area (Å²) in [4.78, 5) is 24.9. The van der Waals surface area contributed by atoms with Gasteiger partial charge in [-0.3, -0.25) is 4.79 Å². The van der Waals surface area contributed by atoms with E-state index < -0.39 is 29.1 Å². The van der Waals surface area contributed by atoms with Crippen molar-refractivity contribution in [3.05, 3.63) is 65.2 Å². The van der Waals surface area contributed by atoms with Gasteiger partial charge < -0.3 is 10.1 Å². The van der Waals surface area contributed by atoms with Crippen LogP contribution in [0.4, 0.5) is 13.6 Å². The van der Waals surface area contributed by atoms with E-state index in [1.165, 1.54) is 13.2 Å². The highest BCUT2D eigenvalue weighted by molar-refractivity contribution is 6.07. The average molecular weight is 359 g/mol. The molecule has 0 radical (unpaired) electrons. The Labute approximate surface area is 148 Å². The van der Waals surface area contributed by atoms with Crippen LogP contribution >= 0.6 is 0 Å². The first-order valence-electron chi connectivity index (χ1n) is 7.65. The van der Waals surface area contributed by atoms with Crippen LogP contribution in [0.1, 0.15) is 18.1 Å². The summed E-state index contributed by atoms with van der Waals surface area (Å²) in [6, 6.07) is 9.10. The summed E-state index contributed by atoms with van der Waals surface area (Å²) in [5.41, 5.74) is -0.529. The number of urea groups is 1. The maximum absolute atomic E-state index is 13.2. The molecule has 26 heavy (non-hydrogen) atoms. The lowest BCUT2D eigenvalue weighted by molar-refractivity contribution is -0.131. The van der Waals surface area contributed by atoms with Crippen molar-refractivity contribution in [2.45, 2.75) is 12.5 Å². The fourth-order valence-electron chi connectivity index (χ4n) is 2.57. The van der Waals surface area contributed by atoms with Crippen molar-refractivity contribution in [2.24, 2.45) is 5.10 Å². The van der Waals surface area contributed by atoms with Gasteiger partial charge in [0.15, 0.2) is 11.6 Å². The van der Waals surface area contributed by atoms with E-state index in [1.54, 1.807) is 31.2 Å². The van der Waals surface area contributed by atoms with Gasteiger partial charge in [-0.1, -0.05) is 18.2 Å². The molecule has 134 valence electrons. The number of methoxy groups -OCH3 is 1. The fraction of sp³-hybridized carbons (Fsp3) is 0.167. The second-order valence-corrected chi connectivity index (χ2v) is 5.82. The number of carbonyl (C=O) groups is 2. The van der Waals surface area contributed by atoms with Gasteiger partial charge >= 0.3 is 6.03 Å². The monoisotopic (exact) mass is 359 g/mol. The quantitative estimate of drug-likeness (QED) is 0.674. The zero-order valence-electron chi connectivity index (χ0n) is 14.0. The largest absolute Gasteiger partial charge is 0.497 e. The van der Waals surface area contributed by atoms with Gasteiger partial charge in [0, 0.05) is 0 Å². The summed E-state index contributed by atoms with van der Waals surface area (Å²) in [7, 11) is 1.52. The molecule has 8 heteroatoms. The molecule has 0 aliphatic carbocycles. The molecule has 2 aromatic carbocycles. The molecule has 1 fully saturated rings. The lowest BCUT2D eigenvalue weighted by Crippen LogP contribution is -2.40. The maximum Gasteiger partial charge on any atom is 0.346 e. The first kappa shape index (κ1) is 17.5. The van der Waals surface area contributed by atoms with Crippen LogP contribution in [-0.4, -0.2) is 30.3 Å². The van der Waals surface area contributed by atoms with E-state index in [-0.39, 0.29) is 5.56 Å². The van der Waals surface area contributed by atoms with Gasteiger partial charge in [0.2, 0.25) is 0 Å². The summed E-state index contributed by atoms with van der Waals surface area (Å²) in [6.07, 6.45) is 1.11. The normalized spacial score (nSPS) is 19.9. The van der Waals surface area contributed by atoms with E-state index in [0.717, 1.165) is 18.3 Å². The van der Waals surface area contributed by atoms with Crippen LogP contribution in [0.3, 0.4) is 0 Å². The second-order valence-electron chi connectivity index (χ2n) is 5.82. The number of carbonyl (C=O) groups excluding carboxylic acids is 2. The zero-order valence-corrected chi connectivity index (χ0v) is 14.0. The molecule has 1 aliphatic heterocycles. The average Bonchev–Trinajstić information content (AvgIpc) is 2.86. The van der Waals surface area contributed by atoms with Crippen molar-refractivity contribution in [3.63, 3.8) is 0 Å². The van der Waals surface area contributed by atoms with Crippen molar-refractivity contribution in [2.75, 3.05) is 7.11 Å². The summed E-state index contributed by atoms with van der Waals surface area (Å²) in [5, 5.41) is 7.06. The molecule has 0 spiro atoms. The third kappa shape index (κ3) is 3.01. The van der Waals surface area contributed by atoms with Crippen LogP contribution in [0.15, 0.2) is 47.6 Å². The molecule has 1 atom stereocenters. The number of imide groups is 1. The van der Waals surface area contributed by atoms with Gasteiger partial charge in [0.1, 0.15) is 11.3 Å². The number of hydrogen-bond acceptors (Lipinski definition) is 4. The third-order valence-electron chi connectivity index (χ3n) is 4.10. The van der Waals surface area contributed by atoms with Crippen LogP contribution < -0.4 is 10.1 Å². The molecule has 6 nitrogen and oxygen atoms in total. The van der Waals surface area contributed by atoms with Crippen molar-refractivity contribution in [1.29, 1.82) is 0 Å².